The molecule has 0 aliphatic carbocycles. The van der Waals surface area contributed by atoms with Crippen LogP contribution in [0, 0.1) is 0 Å². The molecule has 1 heterocycles. The number of allylic oxidation sites excluding steroid dienone is 3. The van der Waals surface area contributed by atoms with Gasteiger partial charge in [0.2, 0.25) is 5.91 Å². The number of halogens is 2. The molecule has 0 saturated carbocycles. The van der Waals surface area contributed by atoms with Crippen molar-refractivity contribution in [3.63, 3.8) is 0 Å². The van der Waals surface area contributed by atoms with Gasteiger partial charge in [-0.05, 0) is 36.6 Å². The van der Waals surface area contributed by atoms with E-state index in [1.54, 1.807) is 30.1 Å². The highest BCUT2D eigenvalue weighted by Crippen LogP contribution is 2.24. The van der Waals surface area contributed by atoms with Gasteiger partial charge in [0, 0.05) is 26.7 Å². The number of rotatable bonds is 14. The molecule has 35 heavy (non-hydrogen) atoms. The van der Waals surface area contributed by atoms with Gasteiger partial charge in [-0.15, -0.1) is 0 Å². The van der Waals surface area contributed by atoms with Crippen LogP contribution in [-0.4, -0.2) is 85.4 Å². The molecule has 0 radical (unpaired) electrons. The zero-order valence-corrected chi connectivity index (χ0v) is 21.8. The molecule has 2 atom stereocenters. The van der Waals surface area contributed by atoms with Crippen molar-refractivity contribution in [2.24, 2.45) is 0 Å². The molecular formula is C26H34Cl2N2O5. The topological polar surface area (TPSA) is 79.3 Å². The molecular weight excluding hydrogens is 491 g/mol. The van der Waals surface area contributed by atoms with Crippen molar-refractivity contribution in [3.8, 4) is 0 Å². The van der Waals surface area contributed by atoms with Crippen LogP contribution in [0.3, 0.4) is 0 Å². The van der Waals surface area contributed by atoms with Crippen molar-refractivity contribution in [3.05, 3.63) is 70.3 Å². The Bertz CT molecular complexity index is 934. The maximum absolute atomic E-state index is 13.1. The molecule has 0 aromatic heterocycles. The number of amides is 1. The summed E-state index contributed by atoms with van der Waals surface area (Å²) in [5.41, 5.74) is 1.63. The molecule has 1 aromatic rings. The van der Waals surface area contributed by atoms with E-state index >= 15 is 0 Å². The van der Waals surface area contributed by atoms with Gasteiger partial charge >= 0.3 is 5.97 Å². The zero-order chi connectivity index (χ0) is 25.8. The fourth-order valence-electron chi connectivity index (χ4n) is 3.79. The van der Waals surface area contributed by atoms with Gasteiger partial charge in [0.25, 0.3) is 0 Å². The first-order chi connectivity index (χ1) is 16.7. The normalized spacial score (nSPS) is 17.3. The minimum absolute atomic E-state index is 0.0353. The monoisotopic (exact) mass is 524 g/mol. The minimum Gasteiger partial charge on any atom is -0.480 e. The first-order valence-corrected chi connectivity index (χ1v) is 12.3. The van der Waals surface area contributed by atoms with Gasteiger partial charge in [-0.25, -0.2) is 4.79 Å². The van der Waals surface area contributed by atoms with Crippen LogP contribution >= 0.6 is 23.2 Å². The number of hydrogen-bond donors (Lipinski definition) is 1. The molecule has 0 bridgehead atoms. The standard InChI is InChI=1S/C26H34Cl2N2O5/c1-4-5-6-7-19(2)24(29(3)25(31)15-20-8-9-22(27)23(28)14-20)17-30-11-10-21(16-30)35-13-12-34-18-26(32)33/h4-9,14,21,24H,2,10-13,15-18H2,1,3H3,(H,32,33)/b5-4-,7-6-/t21-,24+/m0/s1. The Morgan fingerprint density at radius 2 is 2.06 bits per heavy atom. The summed E-state index contributed by atoms with van der Waals surface area (Å²) in [7, 11) is 1.79. The Balaban J connectivity index is 1.99. The number of carboxylic acids is 1. The lowest BCUT2D eigenvalue weighted by Crippen LogP contribution is -2.46. The number of ether oxygens (including phenoxy) is 2. The van der Waals surface area contributed by atoms with Crippen LogP contribution in [0.4, 0.5) is 0 Å². The second-order valence-corrected chi connectivity index (χ2v) is 9.21. The van der Waals surface area contributed by atoms with E-state index in [1.807, 2.05) is 31.2 Å². The van der Waals surface area contributed by atoms with Gasteiger partial charge in [0.05, 0.1) is 41.8 Å². The molecule has 1 saturated heterocycles. The van der Waals surface area contributed by atoms with E-state index in [0.717, 1.165) is 30.6 Å². The lowest BCUT2D eigenvalue weighted by molar-refractivity contribution is -0.142. The Kier molecular flexibility index (Phi) is 12.5. The zero-order valence-electron chi connectivity index (χ0n) is 20.3. The van der Waals surface area contributed by atoms with Crippen LogP contribution in [0.1, 0.15) is 18.9 Å². The molecule has 1 aromatic carbocycles. The van der Waals surface area contributed by atoms with Gasteiger partial charge in [0.15, 0.2) is 0 Å². The van der Waals surface area contributed by atoms with E-state index < -0.39 is 5.97 Å². The van der Waals surface area contributed by atoms with Gasteiger partial charge in [0.1, 0.15) is 6.61 Å². The fourth-order valence-corrected chi connectivity index (χ4v) is 4.11. The molecule has 1 fully saturated rings. The Morgan fingerprint density at radius 3 is 2.74 bits per heavy atom. The lowest BCUT2D eigenvalue weighted by atomic mass is 10.0. The summed E-state index contributed by atoms with van der Waals surface area (Å²) in [6, 6.07) is 5.00. The third-order valence-corrected chi connectivity index (χ3v) is 6.45. The van der Waals surface area contributed by atoms with Crippen molar-refractivity contribution in [2.45, 2.75) is 31.9 Å². The molecule has 1 aliphatic rings. The molecule has 0 unspecified atom stereocenters. The predicted molar refractivity (Wildman–Crippen MR) is 139 cm³/mol. The summed E-state index contributed by atoms with van der Waals surface area (Å²) in [6.07, 6.45) is 8.79. The highest BCUT2D eigenvalue weighted by atomic mass is 35.5. The Morgan fingerprint density at radius 1 is 1.29 bits per heavy atom. The van der Waals surface area contributed by atoms with Crippen LogP contribution in [0.5, 0.6) is 0 Å². The van der Waals surface area contributed by atoms with E-state index in [4.69, 9.17) is 37.8 Å². The van der Waals surface area contributed by atoms with Crippen molar-refractivity contribution >= 4 is 35.1 Å². The van der Waals surface area contributed by atoms with E-state index in [-0.39, 0.29) is 37.7 Å². The summed E-state index contributed by atoms with van der Waals surface area (Å²) in [6.45, 7) is 8.60. The van der Waals surface area contributed by atoms with Crippen molar-refractivity contribution < 1.29 is 24.2 Å². The molecule has 192 valence electrons. The quantitative estimate of drug-likeness (QED) is 0.289. The second kappa shape index (κ2) is 15.1. The number of carbonyl (C=O) groups is 2. The molecule has 7 nitrogen and oxygen atoms in total. The van der Waals surface area contributed by atoms with E-state index in [9.17, 15) is 9.59 Å². The third kappa shape index (κ3) is 10.2. The predicted octanol–water partition coefficient (Wildman–Crippen LogP) is 4.24. The highest BCUT2D eigenvalue weighted by molar-refractivity contribution is 6.42. The van der Waals surface area contributed by atoms with E-state index in [1.165, 1.54) is 0 Å². The highest BCUT2D eigenvalue weighted by Gasteiger charge is 2.29. The van der Waals surface area contributed by atoms with E-state index in [2.05, 4.69) is 11.5 Å². The van der Waals surface area contributed by atoms with Crippen LogP contribution in [0.2, 0.25) is 10.0 Å². The van der Waals surface area contributed by atoms with Crippen molar-refractivity contribution in [1.82, 2.24) is 9.80 Å². The molecule has 0 spiro atoms. The van der Waals surface area contributed by atoms with Crippen molar-refractivity contribution in [1.29, 1.82) is 0 Å². The SMILES string of the molecule is C=C(/C=C\C=C/C)[C@@H](CN1CC[C@H](OCCOCC(=O)O)C1)N(C)C(=O)Cc1ccc(Cl)c(Cl)c1. The average molecular weight is 525 g/mol. The minimum atomic E-state index is -0.996. The van der Waals surface area contributed by atoms with Gasteiger partial charge in [-0.2, -0.15) is 0 Å². The van der Waals surface area contributed by atoms with Gasteiger partial charge in [-0.1, -0.05) is 60.2 Å². The number of likely N-dealkylation sites (N-methyl/N-ethyl adjacent to an activating group) is 1. The van der Waals surface area contributed by atoms with Crippen molar-refractivity contribution in [2.75, 3.05) is 46.5 Å². The molecule has 2 rings (SSSR count). The number of aliphatic carboxylic acids is 1. The molecule has 1 N–H and O–H groups in total. The first kappa shape index (κ1) is 29.1. The summed E-state index contributed by atoms with van der Waals surface area (Å²) < 4.78 is 10.9. The van der Waals surface area contributed by atoms with Crippen LogP contribution in [-0.2, 0) is 25.5 Å². The Hall–Kier alpha value is -2.16. The number of carbonyl (C=O) groups excluding carboxylic acids is 1. The lowest BCUT2D eigenvalue weighted by Gasteiger charge is -2.32. The molecule has 9 heteroatoms. The number of carboxylic acid groups (broad SMARTS) is 1. The van der Waals surface area contributed by atoms with Crippen LogP contribution in [0.25, 0.3) is 0 Å². The second-order valence-electron chi connectivity index (χ2n) is 8.39. The molecule has 1 aliphatic heterocycles. The maximum atomic E-state index is 13.1. The number of benzene rings is 1. The number of hydrogen-bond acceptors (Lipinski definition) is 5. The third-order valence-electron chi connectivity index (χ3n) is 5.71. The van der Waals surface area contributed by atoms with Crippen LogP contribution in [0.15, 0.2) is 54.7 Å². The summed E-state index contributed by atoms with van der Waals surface area (Å²) in [5.74, 6) is -1.04. The summed E-state index contributed by atoms with van der Waals surface area (Å²) >= 11 is 12.1. The largest absolute Gasteiger partial charge is 0.480 e. The number of likely N-dealkylation sites (tertiary alicyclic amines) is 1. The summed E-state index contributed by atoms with van der Waals surface area (Å²) in [4.78, 5) is 27.6. The van der Waals surface area contributed by atoms with E-state index in [0.29, 0.717) is 23.2 Å². The fraction of sp³-hybridized carbons (Fsp3) is 0.462. The summed E-state index contributed by atoms with van der Waals surface area (Å²) in [5, 5.41) is 9.50. The maximum Gasteiger partial charge on any atom is 0.329 e. The van der Waals surface area contributed by atoms with Gasteiger partial charge < -0.3 is 19.5 Å². The first-order valence-electron chi connectivity index (χ1n) is 11.5. The average Bonchev–Trinajstić information content (AvgIpc) is 3.26. The molecule has 1 amide bonds. The Labute approximate surface area is 217 Å². The number of nitrogens with zero attached hydrogens (tertiary/aromatic N) is 2. The smallest absolute Gasteiger partial charge is 0.329 e. The van der Waals surface area contributed by atoms with Crippen LogP contribution < -0.4 is 0 Å². The van der Waals surface area contributed by atoms with Gasteiger partial charge in [-0.3, -0.25) is 9.69 Å².